The average Bonchev–Trinajstić information content (AvgIpc) is 3.15. The Hall–Kier alpha value is -2.76. The van der Waals surface area contributed by atoms with Gasteiger partial charge in [-0.25, -0.2) is 19.9 Å². The molecule has 3 aromatic heterocycles. The first-order valence-electron chi connectivity index (χ1n) is 7.89. The third-order valence-corrected chi connectivity index (χ3v) is 4.13. The van der Waals surface area contributed by atoms with E-state index in [1.165, 1.54) is 12.8 Å². The summed E-state index contributed by atoms with van der Waals surface area (Å²) in [5.41, 5.74) is 2.02. The van der Waals surface area contributed by atoms with Crippen LogP contribution < -0.4 is 10.2 Å². The van der Waals surface area contributed by atoms with Crippen molar-refractivity contribution in [1.82, 2.24) is 19.9 Å². The lowest BCUT2D eigenvalue weighted by atomic mass is 10.2. The highest BCUT2D eigenvalue weighted by Gasteiger charge is 2.13. The van der Waals surface area contributed by atoms with E-state index in [1.807, 2.05) is 12.3 Å². The van der Waals surface area contributed by atoms with E-state index in [-0.39, 0.29) is 0 Å². The van der Waals surface area contributed by atoms with E-state index in [9.17, 15) is 0 Å². The van der Waals surface area contributed by atoms with Gasteiger partial charge in [-0.1, -0.05) is 6.07 Å². The minimum atomic E-state index is 0.675. The van der Waals surface area contributed by atoms with Crippen LogP contribution in [0.4, 0.5) is 11.6 Å². The SMILES string of the molecule is c1cc2ncncc2c(NCc2ccc(N3CCCC3)nc2)n1. The normalized spacial score (nSPS) is 14.3. The highest BCUT2D eigenvalue weighted by atomic mass is 15.2. The molecule has 0 amide bonds. The standard InChI is InChI=1S/C17H18N6/c1-2-8-23(7-1)16-4-3-13(9-20-16)10-21-17-14-11-18-12-22-15(14)5-6-19-17/h3-6,9,11-12H,1-2,7-8,10H2,(H,19,21). The molecule has 1 aliphatic rings. The van der Waals surface area contributed by atoms with Gasteiger partial charge < -0.3 is 10.2 Å². The van der Waals surface area contributed by atoms with E-state index >= 15 is 0 Å². The Labute approximate surface area is 134 Å². The van der Waals surface area contributed by atoms with Crippen molar-refractivity contribution in [3.05, 3.63) is 48.7 Å². The van der Waals surface area contributed by atoms with Gasteiger partial charge in [0.05, 0.1) is 10.9 Å². The fourth-order valence-electron chi connectivity index (χ4n) is 2.89. The Morgan fingerprint density at radius 1 is 1.00 bits per heavy atom. The molecule has 1 fully saturated rings. The van der Waals surface area contributed by atoms with Crippen molar-refractivity contribution in [1.29, 1.82) is 0 Å². The summed E-state index contributed by atoms with van der Waals surface area (Å²) in [6, 6.07) is 6.10. The van der Waals surface area contributed by atoms with Crippen molar-refractivity contribution in [3.8, 4) is 0 Å². The monoisotopic (exact) mass is 306 g/mol. The number of pyridine rings is 2. The number of nitrogens with one attached hydrogen (secondary N) is 1. The first kappa shape index (κ1) is 13.9. The molecule has 0 saturated carbocycles. The largest absolute Gasteiger partial charge is 0.365 e. The zero-order chi connectivity index (χ0) is 15.5. The lowest BCUT2D eigenvalue weighted by molar-refractivity contribution is 0.932. The first-order valence-corrected chi connectivity index (χ1v) is 7.89. The molecule has 1 aliphatic heterocycles. The molecule has 4 heterocycles. The van der Waals surface area contributed by atoms with E-state index in [4.69, 9.17) is 0 Å². The summed E-state index contributed by atoms with van der Waals surface area (Å²) in [7, 11) is 0. The molecule has 0 bridgehead atoms. The van der Waals surface area contributed by atoms with Crippen LogP contribution in [0.3, 0.4) is 0 Å². The Kier molecular flexibility index (Phi) is 3.71. The van der Waals surface area contributed by atoms with Gasteiger partial charge in [-0.15, -0.1) is 0 Å². The fourth-order valence-corrected chi connectivity index (χ4v) is 2.89. The summed E-state index contributed by atoms with van der Waals surface area (Å²) in [6.45, 7) is 2.91. The quantitative estimate of drug-likeness (QED) is 0.799. The van der Waals surface area contributed by atoms with Crippen LogP contribution in [0.1, 0.15) is 18.4 Å². The Balaban J connectivity index is 1.48. The zero-order valence-electron chi connectivity index (χ0n) is 12.8. The second-order valence-electron chi connectivity index (χ2n) is 5.69. The second kappa shape index (κ2) is 6.16. The van der Waals surface area contributed by atoms with Crippen LogP contribution in [0, 0.1) is 0 Å². The van der Waals surface area contributed by atoms with Crippen molar-refractivity contribution in [2.75, 3.05) is 23.3 Å². The van der Waals surface area contributed by atoms with E-state index in [0.717, 1.165) is 41.2 Å². The fraction of sp³-hybridized carbons (Fsp3) is 0.294. The molecule has 0 unspecified atom stereocenters. The van der Waals surface area contributed by atoms with Crippen molar-refractivity contribution >= 4 is 22.5 Å². The molecule has 0 atom stereocenters. The molecule has 0 radical (unpaired) electrons. The highest BCUT2D eigenvalue weighted by Crippen LogP contribution is 2.20. The van der Waals surface area contributed by atoms with Crippen LogP contribution in [0.25, 0.3) is 10.9 Å². The number of nitrogens with zero attached hydrogens (tertiary/aromatic N) is 5. The third kappa shape index (κ3) is 2.92. The van der Waals surface area contributed by atoms with Gasteiger partial charge >= 0.3 is 0 Å². The summed E-state index contributed by atoms with van der Waals surface area (Å²) < 4.78 is 0. The Morgan fingerprint density at radius 3 is 2.74 bits per heavy atom. The van der Waals surface area contributed by atoms with Crippen LogP contribution in [0.2, 0.25) is 0 Å². The number of hydrogen-bond acceptors (Lipinski definition) is 6. The molecule has 23 heavy (non-hydrogen) atoms. The van der Waals surface area contributed by atoms with Gasteiger partial charge in [0.15, 0.2) is 0 Å². The number of hydrogen-bond donors (Lipinski definition) is 1. The van der Waals surface area contributed by atoms with Gasteiger partial charge in [-0.05, 0) is 30.5 Å². The highest BCUT2D eigenvalue weighted by molar-refractivity contribution is 5.87. The van der Waals surface area contributed by atoms with Gasteiger partial charge in [-0.2, -0.15) is 0 Å². The maximum atomic E-state index is 4.58. The number of fused-ring (bicyclic) bond motifs is 1. The maximum Gasteiger partial charge on any atom is 0.137 e. The van der Waals surface area contributed by atoms with E-state index in [2.05, 4.69) is 42.3 Å². The predicted molar refractivity (Wildman–Crippen MR) is 90.3 cm³/mol. The smallest absolute Gasteiger partial charge is 0.137 e. The number of rotatable bonds is 4. The molecule has 4 rings (SSSR count). The summed E-state index contributed by atoms with van der Waals surface area (Å²) in [6.07, 6.45) is 9.55. The van der Waals surface area contributed by atoms with Gasteiger partial charge in [-0.3, -0.25) is 0 Å². The van der Waals surface area contributed by atoms with Crippen LogP contribution >= 0.6 is 0 Å². The molecular formula is C17H18N6. The van der Waals surface area contributed by atoms with Gasteiger partial charge in [0.1, 0.15) is 18.0 Å². The minimum absolute atomic E-state index is 0.675. The number of aromatic nitrogens is 4. The molecule has 0 aromatic carbocycles. The first-order chi connectivity index (χ1) is 11.4. The Bertz CT molecular complexity index is 790. The van der Waals surface area contributed by atoms with Gasteiger partial charge in [0, 0.05) is 38.2 Å². The molecule has 0 spiro atoms. The van der Waals surface area contributed by atoms with Crippen LogP contribution in [-0.4, -0.2) is 33.0 Å². The van der Waals surface area contributed by atoms with Crippen LogP contribution in [0.15, 0.2) is 43.1 Å². The molecule has 1 N–H and O–H groups in total. The summed E-state index contributed by atoms with van der Waals surface area (Å²) in [5.74, 6) is 1.87. The summed E-state index contributed by atoms with van der Waals surface area (Å²) >= 11 is 0. The van der Waals surface area contributed by atoms with E-state index < -0.39 is 0 Å². The molecule has 116 valence electrons. The topological polar surface area (TPSA) is 66.8 Å². The minimum Gasteiger partial charge on any atom is -0.365 e. The van der Waals surface area contributed by atoms with E-state index in [1.54, 1.807) is 18.7 Å². The zero-order valence-corrected chi connectivity index (χ0v) is 12.8. The summed E-state index contributed by atoms with van der Waals surface area (Å²) in [4.78, 5) is 19.6. The molecular weight excluding hydrogens is 288 g/mol. The predicted octanol–water partition coefficient (Wildman–Crippen LogP) is 2.63. The number of anilines is 2. The molecule has 6 heteroatoms. The third-order valence-electron chi connectivity index (χ3n) is 4.13. The molecule has 6 nitrogen and oxygen atoms in total. The van der Waals surface area contributed by atoms with Crippen molar-refractivity contribution in [3.63, 3.8) is 0 Å². The lowest BCUT2D eigenvalue weighted by Gasteiger charge is -2.16. The molecule has 1 saturated heterocycles. The maximum absolute atomic E-state index is 4.58. The molecule has 3 aromatic rings. The Morgan fingerprint density at radius 2 is 1.91 bits per heavy atom. The van der Waals surface area contributed by atoms with Gasteiger partial charge in [0.25, 0.3) is 0 Å². The lowest BCUT2D eigenvalue weighted by Crippen LogP contribution is -2.18. The summed E-state index contributed by atoms with van der Waals surface area (Å²) in [5, 5.41) is 4.28. The van der Waals surface area contributed by atoms with Crippen LogP contribution in [0.5, 0.6) is 0 Å². The van der Waals surface area contributed by atoms with Crippen LogP contribution in [-0.2, 0) is 6.54 Å². The van der Waals surface area contributed by atoms with Crippen molar-refractivity contribution in [2.24, 2.45) is 0 Å². The van der Waals surface area contributed by atoms with E-state index in [0.29, 0.717) is 6.54 Å². The van der Waals surface area contributed by atoms with Crippen molar-refractivity contribution < 1.29 is 0 Å². The average molecular weight is 306 g/mol. The molecule has 0 aliphatic carbocycles. The van der Waals surface area contributed by atoms with Gasteiger partial charge in [0.2, 0.25) is 0 Å². The second-order valence-corrected chi connectivity index (χ2v) is 5.69. The van der Waals surface area contributed by atoms with Crippen molar-refractivity contribution in [2.45, 2.75) is 19.4 Å².